The van der Waals surface area contributed by atoms with Crippen LogP contribution in [0.3, 0.4) is 0 Å². The molecule has 6 rings (SSSR count). The van der Waals surface area contributed by atoms with Crippen molar-refractivity contribution in [1.82, 2.24) is 4.90 Å². The Morgan fingerprint density at radius 2 is 1.47 bits per heavy atom. The number of methoxy groups -OCH3 is 1. The summed E-state index contributed by atoms with van der Waals surface area (Å²) in [5.41, 5.74) is 1.43. The van der Waals surface area contributed by atoms with E-state index in [0.29, 0.717) is 37.6 Å². The van der Waals surface area contributed by atoms with Crippen molar-refractivity contribution in [2.24, 2.45) is 11.8 Å². The van der Waals surface area contributed by atoms with Gasteiger partial charge in [-0.1, -0.05) is 24.3 Å². The lowest BCUT2D eigenvalue weighted by Crippen LogP contribution is -2.53. The molecular weight excluding hydrogens is 566 g/mol. The van der Waals surface area contributed by atoms with E-state index in [1.165, 1.54) is 0 Å². The number of likely N-dealkylation sites (tertiary alicyclic amines) is 1. The Bertz CT molecular complexity index is 1460. The van der Waals surface area contributed by atoms with Crippen LogP contribution in [0.1, 0.15) is 20.3 Å². The predicted molar refractivity (Wildman–Crippen MR) is 167 cm³/mol. The van der Waals surface area contributed by atoms with E-state index in [0.717, 1.165) is 11.4 Å². The number of hydrogen-bond donors (Lipinski definition) is 1. The molecule has 1 spiro atoms. The maximum absolute atomic E-state index is 14.5. The number of nitrogens with zero attached hydrogens (tertiary/aromatic N) is 3. The van der Waals surface area contributed by atoms with Gasteiger partial charge in [-0.15, -0.1) is 11.8 Å². The topological polar surface area (TPSA) is 99.6 Å². The van der Waals surface area contributed by atoms with Gasteiger partial charge in [0.1, 0.15) is 17.5 Å². The van der Waals surface area contributed by atoms with E-state index >= 15 is 0 Å². The number of amides is 3. The first-order valence-corrected chi connectivity index (χ1v) is 15.6. The van der Waals surface area contributed by atoms with Crippen LogP contribution >= 0.6 is 11.8 Å². The van der Waals surface area contributed by atoms with Crippen molar-refractivity contribution in [2.75, 3.05) is 49.8 Å². The summed E-state index contributed by atoms with van der Waals surface area (Å²) in [6, 6.07) is 13.9. The zero-order valence-electron chi connectivity index (χ0n) is 24.6. The number of rotatable bonds is 8. The van der Waals surface area contributed by atoms with Crippen LogP contribution in [0.4, 0.5) is 11.4 Å². The van der Waals surface area contributed by atoms with Crippen molar-refractivity contribution in [3.63, 3.8) is 0 Å². The SMILES string of the molecule is CCOc1ccc(N2CC=C[C@]3(C)S[C@]45C=CCN(c6ccc(OC)cc6)C(=O)C4N(CCCO)C(=O)[C@@H]5[C@@H]3C2=O)cc1. The number of fused-ring (bicyclic) bond motifs is 2. The minimum Gasteiger partial charge on any atom is -0.497 e. The molecule has 10 heteroatoms. The Morgan fingerprint density at radius 3 is 2.07 bits per heavy atom. The van der Waals surface area contributed by atoms with Gasteiger partial charge in [0.2, 0.25) is 11.8 Å². The minimum absolute atomic E-state index is 0.109. The molecule has 0 aromatic heterocycles. The van der Waals surface area contributed by atoms with E-state index in [2.05, 4.69) is 6.08 Å². The van der Waals surface area contributed by atoms with Crippen LogP contribution in [0.2, 0.25) is 0 Å². The monoisotopic (exact) mass is 603 g/mol. The van der Waals surface area contributed by atoms with Gasteiger partial charge in [0.05, 0.1) is 30.3 Å². The number of anilines is 2. The maximum atomic E-state index is 14.5. The number of benzene rings is 2. The van der Waals surface area contributed by atoms with Crippen LogP contribution in [0.25, 0.3) is 0 Å². The standard InChI is InChI=1S/C33H37N3O6S/c1-4-42-25-14-10-22(11-15-25)34-18-5-16-32(2)26(29(34)38)27-30(39)36(20-7-21-37)28-31(40)35(19-6-17-33(27,28)43-32)23-8-12-24(41-3)13-9-23/h5-6,8-17,26-28,37H,4,7,18-21H2,1-3H3/t26-,27+,28?,32+,33+/m1/s1. The van der Waals surface area contributed by atoms with E-state index in [1.807, 2.05) is 80.6 Å². The molecule has 2 aromatic rings. The van der Waals surface area contributed by atoms with Crippen molar-refractivity contribution < 1.29 is 29.0 Å². The molecule has 0 saturated carbocycles. The molecule has 2 saturated heterocycles. The molecule has 9 nitrogen and oxygen atoms in total. The highest BCUT2D eigenvalue weighted by molar-refractivity contribution is 8.02. The Balaban J connectivity index is 1.41. The molecule has 4 heterocycles. The summed E-state index contributed by atoms with van der Waals surface area (Å²) < 4.78 is 9.24. The molecule has 1 unspecified atom stereocenters. The second-order valence-corrected chi connectivity index (χ2v) is 13.2. The van der Waals surface area contributed by atoms with E-state index in [1.54, 1.807) is 33.6 Å². The van der Waals surface area contributed by atoms with Crippen LogP contribution < -0.4 is 19.3 Å². The zero-order chi connectivity index (χ0) is 30.4. The fraction of sp³-hybridized carbons (Fsp3) is 0.424. The Kier molecular flexibility index (Phi) is 7.76. The van der Waals surface area contributed by atoms with Gasteiger partial charge in [-0.3, -0.25) is 14.4 Å². The number of hydrogen-bond acceptors (Lipinski definition) is 7. The molecule has 4 aliphatic heterocycles. The van der Waals surface area contributed by atoms with Crippen LogP contribution in [0.15, 0.2) is 72.8 Å². The van der Waals surface area contributed by atoms with Gasteiger partial charge in [0.15, 0.2) is 0 Å². The molecule has 0 radical (unpaired) electrons. The summed E-state index contributed by atoms with van der Waals surface area (Å²) in [6.07, 6.45) is 8.34. The second-order valence-electron chi connectivity index (χ2n) is 11.4. The third-order valence-electron chi connectivity index (χ3n) is 8.96. The Labute approximate surface area is 256 Å². The van der Waals surface area contributed by atoms with E-state index in [-0.39, 0.29) is 30.9 Å². The smallest absolute Gasteiger partial charge is 0.251 e. The highest BCUT2D eigenvalue weighted by Crippen LogP contribution is 2.65. The highest BCUT2D eigenvalue weighted by Gasteiger charge is 2.74. The van der Waals surface area contributed by atoms with Gasteiger partial charge >= 0.3 is 0 Å². The molecule has 1 N–H and O–H groups in total. The zero-order valence-corrected chi connectivity index (χ0v) is 25.5. The van der Waals surface area contributed by atoms with Gasteiger partial charge in [0, 0.05) is 42.4 Å². The lowest BCUT2D eigenvalue weighted by molar-refractivity contribution is -0.139. The second kappa shape index (κ2) is 11.4. The number of aliphatic hydroxyl groups is 1. The third-order valence-corrected chi connectivity index (χ3v) is 10.8. The molecular formula is C33H37N3O6S. The van der Waals surface area contributed by atoms with Crippen molar-refractivity contribution in [1.29, 1.82) is 0 Å². The summed E-state index contributed by atoms with van der Waals surface area (Å²) in [6.45, 7) is 5.31. The lowest BCUT2D eigenvalue weighted by Gasteiger charge is -2.36. The number of ether oxygens (including phenoxy) is 2. The van der Waals surface area contributed by atoms with Gasteiger partial charge in [-0.2, -0.15) is 0 Å². The van der Waals surface area contributed by atoms with Crippen LogP contribution in [-0.4, -0.2) is 83.2 Å². The molecule has 0 aliphatic carbocycles. The molecule has 43 heavy (non-hydrogen) atoms. The van der Waals surface area contributed by atoms with Gasteiger partial charge in [-0.25, -0.2) is 0 Å². The van der Waals surface area contributed by atoms with E-state index < -0.39 is 27.4 Å². The minimum atomic E-state index is -0.952. The number of thioether (sulfide) groups is 1. The first kappa shape index (κ1) is 29.3. The fourth-order valence-electron chi connectivity index (χ4n) is 7.12. The van der Waals surface area contributed by atoms with Gasteiger partial charge in [-0.05, 0) is 68.8 Å². The number of carbonyl (C=O) groups is 3. The van der Waals surface area contributed by atoms with Crippen molar-refractivity contribution in [3.05, 3.63) is 72.8 Å². The summed E-state index contributed by atoms with van der Waals surface area (Å²) in [4.78, 5) is 48.6. The molecule has 3 amide bonds. The third kappa shape index (κ3) is 4.71. The maximum Gasteiger partial charge on any atom is 0.251 e. The average Bonchev–Trinajstić information content (AvgIpc) is 3.27. The quantitative estimate of drug-likeness (QED) is 0.460. The number of aliphatic hydroxyl groups excluding tert-OH is 1. The molecule has 0 bridgehead atoms. The summed E-state index contributed by atoms with van der Waals surface area (Å²) in [7, 11) is 1.59. The van der Waals surface area contributed by atoms with Crippen molar-refractivity contribution in [3.8, 4) is 11.5 Å². The van der Waals surface area contributed by atoms with E-state index in [9.17, 15) is 19.5 Å². The summed E-state index contributed by atoms with van der Waals surface area (Å²) in [5, 5.41) is 9.69. The first-order chi connectivity index (χ1) is 20.8. The van der Waals surface area contributed by atoms with Crippen LogP contribution in [0, 0.1) is 11.8 Å². The highest BCUT2D eigenvalue weighted by atomic mass is 32.2. The molecule has 4 aliphatic rings. The summed E-state index contributed by atoms with van der Waals surface area (Å²) >= 11 is 1.55. The summed E-state index contributed by atoms with van der Waals surface area (Å²) in [5.74, 6) is -0.591. The largest absolute Gasteiger partial charge is 0.497 e. The Morgan fingerprint density at radius 1 is 0.860 bits per heavy atom. The number of carbonyl (C=O) groups excluding carboxylic acids is 3. The van der Waals surface area contributed by atoms with Crippen molar-refractivity contribution >= 4 is 40.9 Å². The van der Waals surface area contributed by atoms with Crippen molar-refractivity contribution in [2.45, 2.75) is 35.8 Å². The molecule has 2 fully saturated rings. The predicted octanol–water partition coefficient (Wildman–Crippen LogP) is 3.67. The fourth-order valence-corrected chi connectivity index (χ4v) is 9.28. The van der Waals surface area contributed by atoms with Crippen LogP contribution in [-0.2, 0) is 14.4 Å². The van der Waals surface area contributed by atoms with Gasteiger partial charge < -0.3 is 29.3 Å². The average molecular weight is 604 g/mol. The van der Waals surface area contributed by atoms with E-state index in [4.69, 9.17) is 9.47 Å². The normalized spacial score (nSPS) is 29.7. The molecule has 2 aromatic carbocycles. The lowest BCUT2D eigenvalue weighted by atomic mass is 9.74. The van der Waals surface area contributed by atoms with Gasteiger partial charge in [0.25, 0.3) is 5.91 Å². The first-order valence-electron chi connectivity index (χ1n) is 14.7. The molecule has 226 valence electrons. The van der Waals surface area contributed by atoms with Crippen LogP contribution in [0.5, 0.6) is 11.5 Å². The molecule has 5 atom stereocenters. The Hall–Kier alpha value is -3.76.